The minimum Gasteiger partial charge on any atom is -0.497 e. The van der Waals surface area contributed by atoms with Gasteiger partial charge in [-0.05, 0) is 27.5 Å². The van der Waals surface area contributed by atoms with Crippen molar-refractivity contribution in [2.75, 3.05) is 7.11 Å². The highest BCUT2D eigenvalue weighted by Crippen LogP contribution is 2.18. The molecule has 0 aliphatic carbocycles. The molecule has 0 aromatic carbocycles. The summed E-state index contributed by atoms with van der Waals surface area (Å²) in [6.07, 6.45) is 0. The van der Waals surface area contributed by atoms with Crippen molar-refractivity contribution >= 4 is 32.8 Å². The van der Waals surface area contributed by atoms with Crippen LogP contribution in [0.2, 0.25) is 0 Å². The second kappa shape index (κ2) is 3.87. The predicted octanol–water partition coefficient (Wildman–Crippen LogP) is 2.23. The van der Waals surface area contributed by atoms with Crippen LogP contribution in [-0.2, 0) is 0 Å². The van der Waals surface area contributed by atoms with Crippen LogP contribution in [0.15, 0.2) is 16.7 Å². The lowest BCUT2D eigenvalue weighted by Crippen LogP contribution is -1.95. The summed E-state index contributed by atoms with van der Waals surface area (Å²) < 4.78 is 5.42. The number of rotatable bonds is 2. The first-order valence-corrected chi connectivity index (χ1v) is 4.22. The molecule has 3 nitrogen and oxygen atoms in total. The van der Waals surface area contributed by atoms with Gasteiger partial charge in [0.05, 0.1) is 7.11 Å². The number of hydrogen-bond acceptors (Lipinski definition) is 3. The molecule has 0 saturated carbocycles. The lowest BCUT2D eigenvalue weighted by molar-refractivity contribution is 0.107. The molecule has 0 spiro atoms. The normalized spacial score (nSPS) is 9.58. The Bertz CT molecular complexity index is 316. The molecule has 0 N–H and O–H groups in total. The summed E-state index contributed by atoms with van der Waals surface area (Å²) in [5.74, 6) is 0.542. The Kier molecular flexibility index (Phi) is 3.05. The van der Waals surface area contributed by atoms with E-state index in [1.807, 2.05) is 0 Å². The SMILES string of the molecule is COc1cc(Br)nc(C(=O)Cl)c1. The standard InChI is InChI=1S/C7H5BrClNO2/c1-12-4-2-5(7(9)11)10-6(8)3-4/h2-3H,1H3. The molecule has 0 atom stereocenters. The van der Waals surface area contributed by atoms with Crippen molar-refractivity contribution in [3.63, 3.8) is 0 Å². The van der Waals surface area contributed by atoms with Crippen LogP contribution in [-0.4, -0.2) is 17.3 Å². The van der Waals surface area contributed by atoms with Crippen LogP contribution < -0.4 is 4.74 Å². The number of pyridine rings is 1. The molecule has 5 heteroatoms. The number of ether oxygens (including phenoxy) is 1. The lowest BCUT2D eigenvalue weighted by Gasteiger charge is -2.00. The zero-order chi connectivity index (χ0) is 9.14. The summed E-state index contributed by atoms with van der Waals surface area (Å²) in [5.41, 5.74) is 0.169. The third-order valence-corrected chi connectivity index (χ3v) is 1.80. The van der Waals surface area contributed by atoms with E-state index in [0.717, 1.165) is 0 Å². The van der Waals surface area contributed by atoms with Gasteiger partial charge in [0, 0.05) is 12.1 Å². The maximum absolute atomic E-state index is 10.7. The highest BCUT2D eigenvalue weighted by molar-refractivity contribution is 9.10. The fourth-order valence-corrected chi connectivity index (χ4v) is 1.21. The molecular weight excluding hydrogens is 245 g/mol. The summed E-state index contributed by atoms with van der Waals surface area (Å²) >= 11 is 8.35. The first-order chi connectivity index (χ1) is 5.63. The molecule has 0 aliphatic rings. The van der Waals surface area contributed by atoms with Gasteiger partial charge in [0.25, 0.3) is 5.24 Å². The molecule has 64 valence electrons. The molecule has 0 saturated heterocycles. The van der Waals surface area contributed by atoms with Gasteiger partial charge in [0.1, 0.15) is 16.0 Å². The van der Waals surface area contributed by atoms with Crippen molar-refractivity contribution in [2.45, 2.75) is 0 Å². The molecule has 1 heterocycles. The van der Waals surface area contributed by atoms with E-state index in [0.29, 0.717) is 10.4 Å². The highest BCUT2D eigenvalue weighted by Gasteiger charge is 2.06. The fraction of sp³-hybridized carbons (Fsp3) is 0.143. The number of aromatic nitrogens is 1. The van der Waals surface area contributed by atoms with Crippen molar-refractivity contribution in [3.05, 3.63) is 22.4 Å². The second-order valence-electron chi connectivity index (χ2n) is 1.99. The Morgan fingerprint density at radius 1 is 1.67 bits per heavy atom. The summed E-state index contributed by atoms with van der Waals surface area (Å²) in [7, 11) is 1.50. The van der Waals surface area contributed by atoms with Crippen molar-refractivity contribution in [1.29, 1.82) is 0 Å². The fourth-order valence-electron chi connectivity index (χ4n) is 0.692. The third-order valence-electron chi connectivity index (χ3n) is 1.20. The molecule has 0 radical (unpaired) electrons. The van der Waals surface area contributed by atoms with Gasteiger partial charge in [-0.25, -0.2) is 4.98 Å². The molecule has 0 aliphatic heterocycles. The highest BCUT2D eigenvalue weighted by atomic mass is 79.9. The number of carbonyl (C=O) groups excluding carboxylic acids is 1. The second-order valence-corrected chi connectivity index (χ2v) is 3.14. The van der Waals surface area contributed by atoms with Crippen LogP contribution in [0, 0.1) is 0 Å². The quantitative estimate of drug-likeness (QED) is 0.597. The Morgan fingerprint density at radius 2 is 2.33 bits per heavy atom. The van der Waals surface area contributed by atoms with Gasteiger partial charge < -0.3 is 4.74 Å². The monoisotopic (exact) mass is 249 g/mol. The first-order valence-electron chi connectivity index (χ1n) is 3.05. The smallest absolute Gasteiger partial charge is 0.271 e. The van der Waals surface area contributed by atoms with Gasteiger partial charge in [0.15, 0.2) is 0 Å². The van der Waals surface area contributed by atoms with Crippen molar-refractivity contribution < 1.29 is 9.53 Å². The molecule has 1 aromatic heterocycles. The average Bonchev–Trinajstić information content (AvgIpc) is 2.03. The number of halogens is 2. The van der Waals surface area contributed by atoms with E-state index in [2.05, 4.69) is 20.9 Å². The van der Waals surface area contributed by atoms with Gasteiger partial charge in [-0.1, -0.05) is 0 Å². The molecule has 0 amide bonds. The Morgan fingerprint density at radius 3 is 2.83 bits per heavy atom. The van der Waals surface area contributed by atoms with Crippen molar-refractivity contribution in [3.8, 4) is 5.75 Å². The number of methoxy groups -OCH3 is 1. The third kappa shape index (κ3) is 2.19. The van der Waals surface area contributed by atoms with Crippen LogP contribution in [0.5, 0.6) is 5.75 Å². The van der Waals surface area contributed by atoms with Crippen LogP contribution in [0.1, 0.15) is 10.5 Å². The number of hydrogen-bond donors (Lipinski definition) is 0. The Hall–Kier alpha value is -0.610. The van der Waals surface area contributed by atoms with Gasteiger partial charge in [0.2, 0.25) is 0 Å². The first kappa shape index (κ1) is 9.48. The van der Waals surface area contributed by atoms with Crippen molar-refractivity contribution in [2.24, 2.45) is 0 Å². The van der Waals surface area contributed by atoms with Crippen molar-refractivity contribution in [1.82, 2.24) is 4.98 Å². The molecule has 0 bridgehead atoms. The maximum Gasteiger partial charge on any atom is 0.271 e. The number of nitrogens with zero attached hydrogens (tertiary/aromatic N) is 1. The van der Waals surface area contributed by atoms with E-state index >= 15 is 0 Å². The van der Waals surface area contributed by atoms with E-state index in [1.54, 1.807) is 6.07 Å². The van der Waals surface area contributed by atoms with Gasteiger partial charge >= 0.3 is 0 Å². The molecule has 12 heavy (non-hydrogen) atoms. The predicted molar refractivity (Wildman–Crippen MR) is 48.7 cm³/mol. The van der Waals surface area contributed by atoms with E-state index < -0.39 is 5.24 Å². The van der Waals surface area contributed by atoms with E-state index in [1.165, 1.54) is 13.2 Å². The largest absolute Gasteiger partial charge is 0.497 e. The summed E-state index contributed by atoms with van der Waals surface area (Å²) in [6.45, 7) is 0. The molecular formula is C7H5BrClNO2. The Labute approximate surface area is 82.8 Å². The van der Waals surface area contributed by atoms with Crippen LogP contribution in [0.25, 0.3) is 0 Å². The van der Waals surface area contributed by atoms with Gasteiger partial charge in [-0.2, -0.15) is 0 Å². The zero-order valence-corrected chi connectivity index (χ0v) is 8.52. The lowest BCUT2D eigenvalue weighted by atomic mass is 10.3. The van der Waals surface area contributed by atoms with E-state index in [-0.39, 0.29) is 5.69 Å². The van der Waals surface area contributed by atoms with E-state index in [4.69, 9.17) is 16.3 Å². The molecule has 1 rings (SSSR count). The minimum absolute atomic E-state index is 0.169. The average molecular weight is 250 g/mol. The van der Waals surface area contributed by atoms with Crippen LogP contribution >= 0.6 is 27.5 Å². The van der Waals surface area contributed by atoms with Gasteiger partial charge in [-0.15, -0.1) is 0 Å². The van der Waals surface area contributed by atoms with Crippen LogP contribution in [0.4, 0.5) is 0 Å². The topological polar surface area (TPSA) is 39.2 Å². The minimum atomic E-state index is -0.602. The molecule has 0 fully saturated rings. The summed E-state index contributed by atoms with van der Waals surface area (Å²) in [4.78, 5) is 14.5. The van der Waals surface area contributed by atoms with Crippen LogP contribution in [0.3, 0.4) is 0 Å². The molecule has 0 unspecified atom stereocenters. The summed E-state index contributed by atoms with van der Waals surface area (Å²) in [6, 6.07) is 3.11. The zero-order valence-electron chi connectivity index (χ0n) is 6.17. The van der Waals surface area contributed by atoms with Gasteiger partial charge in [-0.3, -0.25) is 4.79 Å². The van der Waals surface area contributed by atoms with E-state index in [9.17, 15) is 4.79 Å². The molecule has 1 aromatic rings. The summed E-state index contributed by atoms with van der Waals surface area (Å²) in [5, 5.41) is -0.602. The Balaban J connectivity index is 3.15. The maximum atomic E-state index is 10.7. The number of carbonyl (C=O) groups is 1.